The fraction of sp³-hybridized carbons (Fsp3) is 0.400. The Labute approximate surface area is 204 Å². The van der Waals surface area contributed by atoms with Crippen LogP contribution >= 0.6 is 0 Å². The van der Waals surface area contributed by atoms with E-state index in [0.29, 0.717) is 4.90 Å². The second kappa shape index (κ2) is 9.38. The largest absolute Gasteiger partial charge is 0.420 e. The molecule has 2 aliphatic rings. The minimum atomic E-state index is -4.90. The van der Waals surface area contributed by atoms with Gasteiger partial charge in [-0.15, -0.1) is 0 Å². The Morgan fingerprint density at radius 3 is 1.97 bits per heavy atom. The maximum absolute atomic E-state index is 13.3. The van der Waals surface area contributed by atoms with E-state index in [-0.39, 0.29) is 23.7 Å². The fourth-order valence-corrected chi connectivity index (χ4v) is 4.45. The van der Waals surface area contributed by atoms with Crippen LogP contribution in [0, 0.1) is 5.82 Å². The molecule has 1 amide bonds. The zero-order chi connectivity index (χ0) is 28.0. The minimum Gasteiger partial charge on any atom is -0.397 e. The summed E-state index contributed by atoms with van der Waals surface area (Å²) in [6.45, 7) is -2.73. The van der Waals surface area contributed by atoms with E-state index in [1.165, 1.54) is 6.07 Å². The fourth-order valence-electron chi connectivity index (χ4n) is 3.18. The molecule has 0 atom stereocenters. The highest BCUT2D eigenvalue weighted by atomic mass is 32.2. The number of nitrogens with zero attached hydrogens (tertiary/aromatic N) is 2. The van der Waals surface area contributed by atoms with Crippen molar-refractivity contribution in [3.05, 3.63) is 48.0 Å². The molecule has 3 heterocycles. The van der Waals surface area contributed by atoms with Crippen LogP contribution in [0.5, 0.6) is 0 Å². The lowest BCUT2D eigenvalue weighted by molar-refractivity contribution is -0.294. The van der Waals surface area contributed by atoms with Gasteiger partial charge in [-0.3, -0.25) is 4.79 Å². The number of carbonyl (C=O) groups excluding carboxylic acids is 1. The standard InChI is InChI=1S/C16H13F4N3O4S.C4H6F3NO/c17-9-2-1-3-10(4-9)28(26,27)11-5-12(21)13(22-6-11)14(24)23-7-15(25,8-23)16(18,19)20;5-4(6,7)3(9)1-8-2-3/h1-6,25H,7-8,21H2;8-9H,1-2H2. The number of nitrogens with two attached hydrogens (primary N) is 1. The summed E-state index contributed by atoms with van der Waals surface area (Å²) >= 11 is 0. The first-order chi connectivity index (χ1) is 16.8. The van der Waals surface area contributed by atoms with Gasteiger partial charge in [-0.25, -0.2) is 17.8 Å². The number of nitrogens with one attached hydrogen (secondary N) is 1. The Balaban J connectivity index is 0.000000356. The van der Waals surface area contributed by atoms with Crippen molar-refractivity contribution in [1.82, 2.24) is 15.2 Å². The van der Waals surface area contributed by atoms with Crippen LogP contribution < -0.4 is 11.1 Å². The number of nitrogen functional groups attached to an aromatic ring is 1. The van der Waals surface area contributed by atoms with Crippen molar-refractivity contribution in [3.8, 4) is 0 Å². The van der Waals surface area contributed by atoms with Crippen molar-refractivity contribution < 1.29 is 54.2 Å². The first-order valence-corrected chi connectivity index (χ1v) is 11.6. The summed E-state index contributed by atoms with van der Waals surface area (Å²) in [7, 11) is -4.17. The number of alkyl halides is 6. The molecule has 2 saturated heterocycles. The number of hydrogen-bond acceptors (Lipinski definition) is 8. The second-order valence-corrected chi connectivity index (χ2v) is 10.3. The summed E-state index contributed by atoms with van der Waals surface area (Å²) < 4.78 is 111. The van der Waals surface area contributed by atoms with Crippen molar-refractivity contribution in [1.29, 1.82) is 0 Å². The van der Waals surface area contributed by atoms with Crippen molar-refractivity contribution in [2.45, 2.75) is 33.3 Å². The van der Waals surface area contributed by atoms with Crippen molar-refractivity contribution in [2.24, 2.45) is 0 Å². The molecular weight excluding hydrogens is 541 g/mol. The summed E-state index contributed by atoms with van der Waals surface area (Å²) in [5.74, 6) is -1.76. The molecule has 1 aromatic carbocycles. The summed E-state index contributed by atoms with van der Waals surface area (Å²) in [6, 6.07) is 5.12. The molecule has 0 spiro atoms. The molecule has 2 aromatic rings. The van der Waals surface area contributed by atoms with Crippen LogP contribution in [0.3, 0.4) is 0 Å². The Kier molecular flexibility index (Phi) is 7.23. The molecule has 204 valence electrons. The molecule has 0 unspecified atom stereocenters. The predicted molar refractivity (Wildman–Crippen MR) is 111 cm³/mol. The van der Waals surface area contributed by atoms with Crippen LogP contribution in [-0.4, -0.2) is 84.2 Å². The average Bonchev–Trinajstić information content (AvgIpc) is 2.73. The Morgan fingerprint density at radius 1 is 1.00 bits per heavy atom. The van der Waals surface area contributed by atoms with Gasteiger partial charge in [0.05, 0.1) is 28.6 Å². The summed E-state index contributed by atoms with van der Waals surface area (Å²) in [4.78, 5) is 15.8. The van der Waals surface area contributed by atoms with Gasteiger partial charge in [-0.1, -0.05) is 6.07 Å². The molecule has 5 N–H and O–H groups in total. The van der Waals surface area contributed by atoms with Crippen molar-refractivity contribution >= 4 is 21.4 Å². The Morgan fingerprint density at radius 2 is 1.57 bits per heavy atom. The lowest BCUT2D eigenvalue weighted by atomic mass is 9.93. The lowest BCUT2D eigenvalue weighted by Crippen LogP contribution is -2.70. The summed E-state index contributed by atoms with van der Waals surface area (Å²) in [5, 5.41) is 20.3. The van der Waals surface area contributed by atoms with Gasteiger partial charge in [0.15, 0.2) is 16.9 Å². The number of halogens is 7. The van der Waals surface area contributed by atoms with E-state index < -0.39 is 68.8 Å². The van der Waals surface area contributed by atoms with E-state index in [1.54, 1.807) is 0 Å². The highest BCUT2D eigenvalue weighted by Crippen LogP contribution is 2.38. The normalized spacial score (nSPS) is 18.7. The van der Waals surface area contributed by atoms with E-state index in [9.17, 15) is 49.1 Å². The van der Waals surface area contributed by atoms with Gasteiger partial charge in [-0.2, -0.15) is 26.3 Å². The molecule has 0 aliphatic carbocycles. The van der Waals surface area contributed by atoms with Crippen LogP contribution in [-0.2, 0) is 9.84 Å². The molecule has 1 aromatic heterocycles. The number of benzene rings is 1. The van der Waals surface area contributed by atoms with Crippen LogP contribution in [0.1, 0.15) is 10.5 Å². The molecule has 2 fully saturated rings. The number of pyridine rings is 1. The van der Waals surface area contributed by atoms with Crippen LogP contribution in [0.25, 0.3) is 0 Å². The van der Waals surface area contributed by atoms with E-state index >= 15 is 0 Å². The van der Waals surface area contributed by atoms with Gasteiger partial charge in [0, 0.05) is 19.3 Å². The topological polar surface area (TPSA) is 146 Å². The zero-order valence-corrected chi connectivity index (χ0v) is 19.3. The van der Waals surface area contributed by atoms with Gasteiger partial charge in [0.2, 0.25) is 9.84 Å². The SMILES string of the molecule is Nc1cc(S(=O)(=O)c2cccc(F)c2)cnc1C(=O)N1CC(O)(C(F)(F)F)C1.OC1(C(F)(F)F)CNC1. The summed E-state index contributed by atoms with van der Waals surface area (Å²) in [6.07, 6.45) is -8.57. The van der Waals surface area contributed by atoms with Crippen LogP contribution in [0.4, 0.5) is 36.4 Å². The maximum atomic E-state index is 13.3. The number of aliphatic hydroxyl groups is 2. The number of β-amino-alcohol motifs (C(OH)–C–C–N with tert-alkyl or cyclic N) is 2. The van der Waals surface area contributed by atoms with E-state index in [4.69, 9.17) is 10.8 Å². The number of rotatable bonds is 3. The van der Waals surface area contributed by atoms with Gasteiger partial charge >= 0.3 is 12.4 Å². The lowest BCUT2D eigenvalue weighted by Gasteiger charge is -2.46. The number of aromatic nitrogens is 1. The first-order valence-electron chi connectivity index (χ1n) is 10.2. The first kappa shape index (κ1) is 28.5. The molecule has 0 radical (unpaired) electrons. The smallest absolute Gasteiger partial charge is 0.397 e. The number of sulfone groups is 1. The van der Waals surface area contributed by atoms with Crippen molar-refractivity contribution in [2.75, 3.05) is 31.9 Å². The molecule has 0 bridgehead atoms. The molecule has 17 heteroatoms. The van der Waals surface area contributed by atoms with E-state index in [0.717, 1.165) is 30.5 Å². The third kappa shape index (κ3) is 5.48. The van der Waals surface area contributed by atoms with Gasteiger partial charge < -0.3 is 26.2 Å². The maximum Gasteiger partial charge on any atom is 0.420 e. The van der Waals surface area contributed by atoms with Gasteiger partial charge in [-0.05, 0) is 24.3 Å². The van der Waals surface area contributed by atoms with E-state index in [2.05, 4.69) is 10.3 Å². The predicted octanol–water partition coefficient (Wildman–Crippen LogP) is 1.27. The average molecular weight is 560 g/mol. The van der Waals surface area contributed by atoms with Gasteiger partial charge in [0.1, 0.15) is 5.82 Å². The third-order valence-corrected chi connectivity index (χ3v) is 7.31. The minimum absolute atomic E-state index is 0.356. The number of likely N-dealkylation sites (tertiary alicyclic amines) is 1. The molecule has 9 nitrogen and oxygen atoms in total. The van der Waals surface area contributed by atoms with Crippen LogP contribution in [0.15, 0.2) is 46.3 Å². The molecule has 2 aliphatic heterocycles. The van der Waals surface area contributed by atoms with Crippen LogP contribution in [0.2, 0.25) is 0 Å². The number of anilines is 1. The number of amides is 1. The third-order valence-electron chi connectivity index (χ3n) is 5.59. The Hall–Kier alpha value is -3.02. The number of carbonyl (C=O) groups is 1. The highest BCUT2D eigenvalue weighted by molar-refractivity contribution is 7.91. The molecule has 0 saturated carbocycles. The second-order valence-electron chi connectivity index (χ2n) is 8.39. The summed E-state index contributed by atoms with van der Waals surface area (Å²) in [5.41, 5.74) is -0.630. The van der Waals surface area contributed by atoms with Crippen molar-refractivity contribution in [3.63, 3.8) is 0 Å². The Bertz CT molecular complexity index is 1290. The monoisotopic (exact) mass is 560 g/mol. The molecule has 4 rings (SSSR count). The zero-order valence-electron chi connectivity index (χ0n) is 18.4. The molecule has 37 heavy (non-hydrogen) atoms. The number of hydrogen-bond donors (Lipinski definition) is 4. The van der Waals surface area contributed by atoms with E-state index in [1.807, 2.05) is 0 Å². The molecular formula is C20H19F7N4O5S. The quantitative estimate of drug-likeness (QED) is 0.411. The highest BCUT2D eigenvalue weighted by Gasteiger charge is 2.62. The van der Waals surface area contributed by atoms with Gasteiger partial charge in [0.25, 0.3) is 5.91 Å².